The van der Waals surface area contributed by atoms with Crippen molar-refractivity contribution in [3.05, 3.63) is 59.7 Å². The second kappa shape index (κ2) is 9.25. The van der Waals surface area contributed by atoms with Crippen LogP contribution in [-0.2, 0) is 15.7 Å². The van der Waals surface area contributed by atoms with Gasteiger partial charge in [0.2, 0.25) is 0 Å². The van der Waals surface area contributed by atoms with E-state index in [9.17, 15) is 22.8 Å². The first kappa shape index (κ1) is 21.3. The van der Waals surface area contributed by atoms with Crippen LogP contribution in [0.3, 0.4) is 0 Å². The van der Waals surface area contributed by atoms with E-state index < -0.39 is 23.6 Å². The van der Waals surface area contributed by atoms with Crippen LogP contribution >= 0.6 is 0 Å². The summed E-state index contributed by atoms with van der Waals surface area (Å²) in [4.78, 5) is 23.7. The van der Waals surface area contributed by atoms with Crippen molar-refractivity contribution in [1.82, 2.24) is 0 Å². The monoisotopic (exact) mass is 395 g/mol. The van der Waals surface area contributed by atoms with Crippen LogP contribution in [0.25, 0.3) is 0 Å². The predicted molar refractivity (Wildman–Crippen MR) is 97.1 cm³/mol. The third-order valence-electron chi connectivity index (χ3n) is 3.50. The van der Waals surface area contributed by atoms with E-state index in [1.165, 1.54) is 36.4 Å². The number of anilines is 1. The zero-order chi connectivity index (χ0) is 20.7. The summed E-state index contributed by atoms with van der Waals surface area (Å²) < 4.78 is 48.4. The number of hydrogen-bond donors (Lipinski definition) is 1. The highest BCUT2D eigenvalue weighted by Gasteiger charge is 2.30. The van der Waals surface area contributed by atoms with Crippen LogP contribution < -0.4 is 10.1 Å². The van der Waals surface area contributed by atoms with Crippen molar-refractivity contribution in [2.45, 2.75) is 20.0 Å². The van der Waals surface area contributed by atoms with Crippen molar-refractivity contribution in [1.29, 1.82) is 0 Å². The number of carbonyl (C=O) groups is 2. The number of hydrogen-bond acceptors (Lipinski definition) is 4. The Morgan fingerprint density at radius 1 is 1.07 bits per heavy atom. The molecule has 0 bridgehead atoms. The highest BCUT2D eigenvalue weighted by atomic mass is 19.4. The Morgan fingerprint density at radius 3 is 2.36 bits per heavy atom. The summed E-state index contributed by atoms with van der Waals surface area (Å²) >= 11 is 0. The van der Waals surface area contributed by atoms with Crippen molar-refractivity contribution in [2.75, 3.05) is 18.5 Å². The largest absolute Gasteiger partial charge is 0.482 e. The maximum absolute atomic E-state index is 12.7. The van der Waals surface area contributed by atoms with Crippen molar-refractivity contribution < 1.29 is 32.2 Å². The van der Waals surface area contributed by atoms with E-state index in [0.717, 1.165) is 12.1 Å². The highest BCUT2D eigenvalue weighted by Crippen LogP contribution is 2.30. The molecule has 0 unspecified atom stereocenters. The Kier molecular flexibility index (Phi) is 7.03. The van der Waals surface area contributed by atoms with Crippen molar-refractivity contribution in [3.8, 4) is 5.75 Å². The van der Waals surface area contributed by atoms with Gasteiger partial charge in [-0.05, 0) is 48.4 Å². The van der Waals surface area contributed by atoms with E-state index in [4.69, 9.17) is 9.47 Å². The van der Waals surface area contributed by atoms with Crippen LogP contribution in [-0.4, -0.2) is 25.1 Å². The quantitative estimate of drug-likeness (QED) is 0.700. The van der Waals surface area contributed by atoms with E-state index in [0.29, 0.717) is 12.4 Å². The smallest absolute Gasteiger partial charge is 0.416 e. The zero-order valence-electron chi connectivity index (χ0n) is 15.4. The van der Waals surface area contributed by atoms with Crippen molar-refractivity contribution in [2.24, 2.45) is 5.92 Å². The van der Waals surface area contributed by atoms with Crippen LogP contribution in [0.4, 0.5) is 18.9 Å². The number of halogens is 3. The predicted octanol–water partition coefficient (Wildman–Crippen LogP) is 4.54. The van der Waals surface area contributed by atoms with Crippen LogP contribution in [0.1, 0.15) is 29.8 Å². The van der Waals surface area contributed by atoms with E-state index in [-0.39, 0.29) is 23.8 Å². The topological polar surface area (TPSA) is 64.6 Å². The van der Waals surface area contributed by atoms with Gasteiger partial charge in [0.25, 0.3) is 5.91 Å². The second-order valence-electron chi connectivity index (χ2n) is 6.42. The van der Waals surface area contributed by atoms with Crippen LogP contribution in [0.5, 0.6) is 5.75 Å². The molecule has 0 aliphatic rings. The summed E-state index contributed by atoms with van der Waals surface area (Å²) in [6, 6.07) is 10.2. The number of esters is 1. The van der Waals surface area contributed by atoms with Gasteiger partial charge in [-0.2, -0.15) is 13.2 Å². The number of ether oxygens (including phenoxy) is 2. The molecule has 8 heteroatoms. The molecule has 2 rings (SSSR count). The summed E-state index contributed by atoms with van der Waals surface area (Å²) in [7, 11) is 0. The molecule has 0 radical (unpaired) electrons. The SMILES string of the molecule is CC(C)COC(=O)COc1ccc(C(=O)Nc2cccc(C(F)(F)F)c2)cc1. The molecule has 0 heterocycles. The lowest BCUT2D eigenvalue weighted by atomic mass is 10.1. The molecule has 0 aromatic heterocycles. The van der Waals surface area contributed by atoms with Gasteiger partial charge in [-0.25, -0.2) is 4.79 Å². The third-order valence-corrected chi connectivity index (χ3v) is 3.50. The number of carbonyl (C=O) groups excluding carboxylic acids is 2. The number of nitrogens with one attached hydrogen (secondary N) is 1. The number of rotatable bonds is 7. The molecule has 0 saturated heterocycles. The first-order valence-corrected chi connectivity index (χ1v) is 8.52. The molecule has 0 aliphatic carbocycles. The lowest BCUT2D eigenvalue weighted by Crippen LogP contribution is -2.17. The van der Waals surface area contributed by atoms with Gasteiger partial charge in [0, 0.05) is 11.3 Å². The number of alkyl halides is 3. The Morgan fingerprint density at radius 2 is 1.75 bits per heavy atom. The molecule has 0 atom stereocenters. The van der Waals surface area contributed by atoms with Crippen LogP contribution in [0.15, 0.2) is 48.5 Å². The Hall–Kier alpha value is -3.03. The van der Waals surface area contributed by atoms with Gasteiger partial charge in [-0.3, -0.25) is 4.79 Å². The van der Waals surface area contributed by atoms with Crippen molar-refractivity contribution >= 4 is 17.6 Å². The molecular formula is C20H20F3NO4. The fraction of sp³-hybridized carbons (Fsp3) is 0.300. The first-order valence-electron chi connectivity index (χ1n) is 8.52. The molecule has 5 nitrogen and oxygen atoms in total. The lowest BCUT2D eigenvalue weighted by molar-refractivity contribution is -0.147. The summed E-state index contributed by atoms with van der Waals surface area (Å²) in [6.07, 6.45) is -4.49. The average Bonchev–Trinajstić information content (AvgIpc) is 2.64. The molecule has 0 spiro atoms. The minimum Gasteiger partial charge on any atom is -0.482 e. The fourth-order valence-electron chi connectivity index (χ4n) is 2.12. The van der Waals surface area contributed by atoms with E-state index >= 15 is 0 Å². The van der Waals surface area contributed by atoms with Gasteiger partial charge in [0.15, 0.2) is 6.61 Å². The first-order chi connectivity index (χ1) is 13.1. The maximum atomic E-state index is 12.7. The van der Waals surface area contributed by atoms with Gasteiger partial charge in [-0.1, -0.05) is 19.9 Å². The van der Waals surface area contributed by atoms with Gasteiger partial charge in [0.1, 0.15) is 5.75 Å². The molecule has 1 N–H and O–H groups in total. The van der Waals surface area contributed by atoms with Crippen molar-refractivity contribution in [3.63, 3.8) is 0 Å². The van der Waals surface area contributed by atoms with Gasteiger partial charge < -0.3 is 14.8 Å². The standard InChI is InChI=1S/C20H20F3NO4/c1-13(2)11-28-18(25)12-27-17-8-6-14(7-9-17)19(26)24-16-5-3-4-15(10-16)20(21,22)23/h3-10,13H,11-12H2,1-2H3,(H,24,26). The Bertz CT molecular complexity index is 817. The molecule has 0 saturated carbocycles. The normalized spacial score (nSPS) is 11.2. The molecule has 2 aromatic carbocycles. The van der Waals surface area contributed by atoms with E-state index in [1.807, 2.05) is 13.8 Å². The highest BCUT2D eigenvalue weighted by molar-refractivity contribution is 6.04. The second-order valence-corrected chi connectivity index (χ2v) is 6.42. The van der Waals surface area contributed by atoms with Gasteiger partial charge in [0.05, 0.1) is 12.2 Å². The minimum absolute atomic E-state index is 0.0352. The van der Waals surface area contributed by atoms with Crippen LogP contribution in [0.2, 0.25) is 0 Å². The molecule has 1 amide bonds. The average molecular weight is 395 g/mol. The lowest BCUT2D eigenvalue weighted by Gasteiger charge is -2.11. The van der Waals surface area contributed by atoms with Gasteiger partial charge in [-0.15, -0.1) is 0 Å². The summed E-state index contributed by atoms with van der Waals surface area (Å²) in [5.74, 6) is -0.488. The zero-order valence-corrected chi connectivity index (χ0v) is 15.4. The molecule has 0 aliphatic heterocycles. The third kappa shape index (κ3) is 6.61. The summed E-state index contributed by atoms with van der Waals surface area (Å²) in [5, 5.41) is 2.41. The number of amides is 1. The molecule has 0 fully saturated rings. The molecule has 150 valence electrons. The Balaban J connectivity index is 1.92. The van der Waals surface area contributed by atoms with Gasteiger partial charge >= 0.3 is 12.1 Å². The molecule has 28 heavy (non-hydrogen) atoms. The number of benzene rings is 2. The maximum Gasteiger partial charge on any atom is 0.416 e. The summed E-state index contributed by atoms with van der Waals surface area (Å²) in [6.45, 7) is 3.87. The molecular weight excluding hydrogens is 375 g/mol. The minimum atomic E-state index is -4.49. The van der Waals surface area contributed by atoms with E-state index in [2.05, 4.69) is 5.32 Å². The Labute approximate surface area is 160 Å². The summed E-state index contributed by atoms with van der Waals surface area (Å²) in [5.41, 5.74) is -0.585. The fourth-order valence-corrected chi connectivity index (χ4v) is 2.12. The van der Waals surface area contributed by atoms with E-state index in [1.54, 1.807) is 0 Å². The molecule has 2 aromatic rings. The van der Waals surface area contributed by atoms with Crippen LogP contribution in [0, 0.1) is 5.92 Å².